The first-order valence-electron chi connectivity index (χ1n) is 8.37. The second kappa shape index (κ2) is 7.31. The maximum atomic E-state index is 12.8. The van der Waals surface area contributed by atoms with Gasteiger partial charge in [0, 0.05) is 18.8 Å². The summed E-state index contributed by atoms with van der Waals surface area (Å²) in [6.07, 6.45) is 1.48. The Labute approximate surface area is 151 Å². The van der Waals surface area contributed by atoms with E-state index in [9.17, 15) is 9.90 Å². The number of ether oxygens (including phenoxy) is 1. The number of para-hydroxylation sites is 2. The maximum absolute atomic E-state index is 12.8. The zero-order valence-corrected chi connectivity index (χ0v) is 15.0. The lowest BCUT2D eigenvalue weighted by atomic mass is 10.2. The first-order chi connectivity index (χ1) is 12.5. The molecule has 0 amide bonds. The average molecular weight is 351 g/mol. The van der Waals surface area contributed by atoms with E-state index in [1.807, 2.05) is 51.2 Å². The molecule has 2 aromatic carbocycles. The van der Waals surface area contributed by atoms with Crippen LogP contribution in [0.2, 0.25) is 0 Å². The summed E-state index contributed by atoms with van der Waals surface area (Å²) in [7, 11) is 1.82. The summed E-state index contributed by atoms with van der Waals surface area (Å²) in [5, 5.41) is 10.3. The molecule has 0 aliphatic rings. The van der Waals surface area contributed by atoms with Crippen molar-refractivity contribution in [1.82, 2.24) is 9.36 Å². The molecule has 0 radical (unpaired) electrons. The summed E-state index contributed by atoms with van der Waals surface area (Å²) in [5.41, 5.74) is 2.11. The second-order valence-corrected chi connectivity index (χ2v) is 5.80. The number of aromatic hydroxyl groups is 1. The van der Waals surface area contributed by atoms with Gasteiger partial charge in [0.1, 0.15) is 0 Å². The van der Waals surface area contributed by atoms with Gasteiger partial charge in [0.15, 0.2) is 17.2 Å². The van der Waals surface area contributed by atoms with Crippen LogP contribution in [0.25, 0.3) is 5.69 Å². The van der Waals surface area contributed by atoms with Crippen molar-refractivity contribution in [3.63, 3.8) is 0 Å². The molecule has 0 unspecified atom stereocenters. The van der Waals surface area contributed by atoms with Crippen LogP contribution in [0.5, 0.6) is 11.5 Å². The first-order valence-corrected chi connectivity index (χ1v) is 8.37. The molecule has 0 bridgehead atoms. The molecule has 0 aliphatic heterocycles. The van der Waals surface area contributed by atoms with Gasteiger partial charge >= 0.3 is 0 Å². The molecule has 6 nitrogen and oxygen atoms in total. The highest BCUT2D eigenvalue weighted by Crippen LogP contribution is 2.29. The Bertz CT molecular complexity index is 1000. The first kappa shape index (κ1) is 17.5. The molecule has 0 saturated carbocycles. The third kappa shape index (κ3) is 3.13. The molecule has 6 heteroatoms. The summed E-state index contributed by atoms with van der Waals surface area (Å²) < 4.78 is 8.71. The van der Waals surface area contributed by atoms with Crippen LogP contribution >= 0.6 is 0 Å². The maximum Gasteiger partial charge on any atom is 0.297 e. The van der Waals surface area contributed by atoms with Gasteiger partial charge in [-0.2, -0.15) is 0 Å². The molecule has 134 valence electrons. The van der Waals surface area contributed by atoms with Gasteiger partial charge in [-0.05, 0) is 38.1 Å². The predicted octanol–water partition coefficient (Wildman–Crippen LogP) is 3.34. The van der Waals surface area contributed by atoms with Crippen molar-refractivity contribution in [3.05, 3.63) is 70.1 Å². The Balaban J connectivity index is 2.03. The van der Waals surface area contributed by atoms with E-state index in [-0.39, 0.29) is 11.3 Å². The minimum Gasteiger partial charge on any atom is -0.504 e. The number of hydrogen-bond donors (Lipinski definition) is 1. The van der Waals surface area contributed by atoms with E-state index < -0.39 is 0 Å². The average Bonchev–Trinajstić information content (AvgIpc) is 2.86. The van der Waals surface area contributed by atoms with Gasteiger partial charge in [-0.25, -0.2) is 9.67 Å². The molecule has 26 heavy (non-hydrogen) atoms. The Morgan fingerprint density at radius 3 is 2.58 bits per heavy atom. The second-order valence-electron chi connectivity index (χ2n) is 5.80. The minimum atomic E-state index is -0.215. The molecule has 1 heterocycles. The molecule has 0 fully saturated rings. The molecule has 3 aromatic rings. The van der Waals surface area contributed by atoms with Gasteiger partial charge in [0.05, 0.1) is 18.0 Å². The monoisotopic (exact) mass is 351 g/mol. The molecule has 0 atom stereocenters. The Morgan fingerprint density at radius 1 is 1.15 bits per heavy atom. The highest BCUT2D eigenvalue weighted by Gasteiger charge is 2.15. The zero-order valence-electron chi connectivity index (χ0n) is 15.0. The summed E-state index contributed by atoms with van der Waals surface area (Å²) in [6, 6.07) is 14.6. The van der Waals surface area contributed by atoms with Crippen LogP contribution < -0.4 is 10.3 Å². The van der Waals surface area contributed by atoms with E-state index in [1.54, 1.807) is 27.6 Å². The summed E-state index contributed by atoms with van der Waals surface area (Å²) in [4.78, 5) is 17.2. The minimum absolute atomic E-state index is 0.00932. The molecular formula is C20H21N3O3. The number of nitrogens with zero attached hydrogens (tertiary/aromatic N) is 3. The van der Waals surface area contributed by atoms with Gasteiger partial charge < -0.3 is 9.84 Å². The lowest BCUT2D eigenvalue weighted by Crippen LogP contribution is -2.19. The van der Waals surface area contributed by atoms with E-state index in [0.29, 0.717) is 23.6 Å². The van der Waals surface area contributed by atoms with Gasteiger partial charge in [0.2, 0.25) is 0 Å². The van der Waals surface area contributed by atoms with Crippen LogP contribution in [0.15, 0.2) is 58.3 Å². The van der Waals surface area contributed by atoms with Crippen molar-refractivity contribution in [3.8, 4) is 17.2 Å². The van der Waals surface area contributed by atoms with Crippen molar-refractivity contribution in [2.45, 2.75) is 13.8 Å². The normalized spacial score (nSPS) is 11.2. The van der Waals surface area contributed by atoms with E-state index in [1.165, 1.54) is 6.21 Å². The number of rotatable bonds is 5. The summed E-state index contributed by atoms with van der Waals surface area (Å²) in [5.74, 6) is 0.401. The molecule has 1 aromatic heterocycles. The van der Waals surface area contributed by atoms with Crippen LogP contribution in [-0.4, -0.2) is 27.3 Å². The number of phenolic OH excluding ortho intramolecular Hbond substituents is 1. The van der Waals surface area contributed by atoms with Crippen molar-refractivity contribution < 1.29 is 9.84 Å². The number of hydrogen-bond acceptors (Lipinski definition) is 4. The zero-order chi connectivity index (χ0) is 18.7. The largest absolute Gasteiger partial charge is 0.504 e. The van der Waals surface area contributed by atoms with E-state index in [4.69, 9.17) is 4.74 Å². The van der Waals surface area contributed by atoms with E-state index >= 15 is 0 Å². The molecule has 0 aliphatic carbocycles. The smallest absolute Gasteiger partial charge is 0.297 e. The highest BCUT2D eigenvalue weighted by molar-refractivity contribution is 5.86. The number of aromatic nitrogens is 2. The van der Waals surface area contributed by atoms with Crippen molar-refractivity contribution in [2.75, 3.05) is 6.61 Å². The predicted molar refractivity (Wildman–Crippen MR) is 102 cm³/mol. The third-order valence-corrected chi connectivity index (χ3v) is 4.19. The van der Waals surface area contributed by atoms with Crippen molar-refractivity contribution in [2.24, 2.45) is 12.0 Å². The van der Waals surface area contributed by atoms with Crippen LogP contribution in [-0.2, 0) is 7.05 Å². The number of benzene rings is 2. The molecule has 1 N–H and O–H groups in total. The topological polar surface area (TPSA) is 68.8 Å². The Kier molecular flexibility index (Phi) is 4.93. The molecular weight excluding hydrogens is 330 g/mol. The fourth-order valence-electron chi connectivity index (χ4n) is 2.75. The van der Waals surface area contributed by atoms with Crippen LogP contribution in [0, 0.1) is 6.92 Å². The third-order valence-electron chi connectivity index (χ3n) is 4.19. The fourth-order valence-corrected chi connectivity index (χ4v) is 2.75. The Morgan fingerprint density at radius 2 is 1.88 bits per heavy atom. The van der Waals surface area contributed by atoms with E-state index in [0.717, 1.165) is 11.4 Å². The van der Waals surface area contributed by atoms with Crippen LogP contribution in [0.3, 0.4) is 0 Å². The van der Waals surface area contributed by atoms with Crippen molar-refractivity contribution in [1.29, 1.82) is 0 Å². The van der Waals surface area contributed by atoms with Crippen LogP contribution in [0.1, 0.15) is 18.2 Å². The lowest BCUT2D eigenvalue weighted by Gasteiger charge is -2.07. The number of phenols is 1. The van der Waals surface area contributed by atoms with Gasteiger partial charge in [-0.1, -0.05) is 24.3 Å². The standard InChI is InChI=1S/C20H21N3O3/c1-4-26-17-12-8-9-15(19(17)24)13-21-18-14(2)22(3)23(20(18)25)16-10-6-5-7-11-16/h5-13,24H,4H2,1-3H3. The summed E-state index contributed by atoms with van der Waals surface area (Å²) >= 11 is 0. The summed E-state index contributed by atoms with van der Waals surface area (Å²) in [6.45, 7) is 4.14. The van der Waals surface area contributed by atoms with Gasteiger partial charge in [-0.15, -0.1) is 0 Å². The molecule has 0 saturated heterocycles. The van der Waals surface area contributed by atoms with Crippen LogP contribution in [0.4, 0.5) is 5.69 Å². The van der Waals surface area contributed by atoms with Gasteiger partial charge in [-0.3, -0.25) is 9.48 Å². The van der Waals surface area contributed by atoms with Crippen molar-refractivity contribution >= 4 is 11.9 Å². The highest BCUT2D eigenvalue weighted by atomic mass is 16.5. The molecule has 0 spiro atoms. The SMILES string of the molecule is CCOc1cccc(C=Nc2c(C)n(C)n(-c3ccccc3)c2=O)c1O. The quantitative estimate of drug-likeness (QED) is 0.717. The number of aliphatic imine (C=N–C) groups is 1. The van der Waals surface area contributed by atoms with E-state index in [2.05, 4.69) is 4.99 Å². The molecule has 3 rings (SSSR count). The fraction of sp³-hybridized carbons (Fsp3) is 0.200. The van der Waals surface area contributed by atoms with Gasteiger partial charge in [0.25, 0.3) is 5.56 Å². The Hall–Kier alpha value is -3.28. The lowest BCUT2D eigenvalue weighted by molar-refractivity contribution is 0.318.